The van der Waals surface area contributed by atoms with Gasteiger partial charge in [0, 0.05) is 43.7 Å². The second-order valence-electron chi connectivity index (χ2n) is 10.0. The van der Waals surface area contributed by atoms with E-state index in [1.165, 1.54) is 11.1 Å². The van der Waals surface area contributed by atoms with Gasteiger partial charge in [0.15, 0.2) is 0 Å². The van der Waals surface area contributed by atoms with Crippen LogP contribution in [0.3, 0.4) is 0 Å². The number of hydrogen-bond acceptors (Lipinski definition) is 2. The number of alkyl halides is 1. The molecule has 1 heterocycles. The number of fused-ring (bicyclic) bond motifs is 1. The Labute approximate surface area is 220 Å². The summed E-state index contributed by atoms with van der Waals surface area (Å²) in [5, 5.41) is 0.0948. The van der Waals surface area contributed by atoms with E-state index >= 15 is 0 Å². The molecule has 1 saturated carbocycles. The Kier molecular flexibility index (Phi) is 7.78. The molecule has 2 fully saturated rings. The summed E-state index contributed by atoms with van der Waals surface area (Å²) < 4.78 is 0. The number of benzene rings is 3. The summed E-state index contributed by atoms with van der Waals surface area (Å²) in [7, 11) is 4.06. The van der Waals surface area contributed by atoms with E-state index < -0.39 is 0 Å². The van der Waals surface area contributed by atoms with Crippen LogP contribution < -0.4 is 4.90 Å². The lowest BCUT2D eigenvalue weighted by atomic mass is 9.56. The zero-order valence-corrected chi connectivity index (χ0v) is 22.0. The molecule has 3 atom stereocenters. The van der Waals surface area contributed by atoms with Gasteiger partial charge in [-0.2, -0.15) is 0 Å². The number of likely N-dealkylation sites (tertiary alicyclic amines) is 1. The first-order valence-corrected chi connectivity index (χ1v) is 12.7. The van der Waals surface area contributed by atoms with Crippen molar-refractivity contribution in [1.82, 2.24) is 4.90 Å². The first-order valence-electron chi connectivity index (χ1n) is 12.3. The fraction of sp³-hybridized carbons (Fsp3) is 0.367. The van der Waals surface area contributed by atoms with Crippen LogP contribution in [0.15, 0.2) is 84.9 Å². The minimum absolute atomic E-state index is 0. The first kappa shape index (κ1) is 25.6. The van der Waals surface area contributed by atoms with Crippen LogP contribution in [0.5, 0.6) is 0 Å². The number of para-hydroxylation sites is 1. The lowest BCUT2D eigenvalue weighted by Crippen LogP contribution is -2.47. The van der Waals surface area contributed by atoms with Crippen LogP contribution in [0.25, 0.3) is 0 Å². The van der Waals surface area contributed by atoms with E-state index in [0.717, 1.165) is 37.2 Å². The van der Waals surface area contributed by atoms with Crippen molar-refractivity contribution < 1.29 is 4.79 Å². The molecule has 0 bridgehead atoms. The maximum atomic E-state index is 13.6. The van der Waals surface area contributed by atoms with Crippen LogP contribution in [0.2, 0.25) is 0 Å². The van der Waals surface area contributed by atoms with Crippen molar-refractivity contribution in [2.24, 2.45) is 11.8 Å². The molecular formula is C30H34Cl2N2O. The smallest absolute Gasteiger partial charge is 0.227 e. The second kappa shape index (κ2) is 10.6. The lowest BCUT2D eigenvalue weighted by molar-refractivity contribution is -0.129. The third-order valence-electron chi connectivity index (χ3n) is 8.02. The molecule has 3 aromatic rings. The van der Waals surface area contributed by atoms with Gasteiger partial charge >= 0.3 is 0 Å². The van der Waals surface area contributed by atoms with Gasteiger partial charge in [0.05, 0.1) is 6.42 Å². The van der Waals surface area contributed by atoms with E-state index in [1.807, 2.05) is 26.2 Å². The van der Waals surface area contributed by atoms with E-state index in [-0.39, 0.29) is 35.0 Å². The number of hydrogen-bond donors (Lipinski definition) is 0. The number of halogens is 2. The molecule has 1 amide bonds. The zero-order valence-electron chi connectivity index (χ0n) is 20.4. The van der Waals surface area contributed by atoms with Gasteiger partial charge in [-0.15, -0.1) is 24.0 Å². The molecule has 184 valence electrons. The van der Waals surface area contributed by atoms with Crippen LogP contribution in [0.1, 0.15) is 29.5 Å². The molecule has 2 aliphatic rings. The topological polar surface area (TPSA) is 23.6 Å². The largest absolute Gasteiger partial charge is 0.377 e. The summed E-state index contributed by atoms with van der Waals surface area (Å²) in [5.41, 5.74) is 4.73. The summed E-state index contributed by atoms with van der Waals surface area (Å²) >= 11 is 6.97. The molecule has 0 aromatic heterocycles. The number of anilines is 1. The Morgan fingerprint density at radius 1 is 0.914 bits per heavy atom. The molecule has 5 rings (SSSR count). The quantitative estimate of drug-likeness (QED) is 0.384. The average molecular weight is 510 g/mol. The van der Waals surface area contributed by atoms with Crippen LogP contribution in [-0.2, 0) is 16.6 Å². The van der Waals surface area contributed by atoms with Gasteiger partial charge in [-0.1, -0.05) is 78.9 Å². The molecule has 3 aromatic carbocycles. The second-order valence-corrected chi connectivity index (χ2v) is 10.6. The lowest BCUT2D eigenvalue weighted by Gasteiger charge is -2.48. The minimum atomic E-state index is -0.130. The van der Waals surface area contributed by atoms with E-state index in [0.29, 0.717) is 12.3 Å². The van der Waals surface area contributed by atoms with Gasteiger partial charge in [0.1, 0.15) is 0 Å². The van der Waals surface area contributed by atoms with Gasteiger partial charge in [0.2, 0.25) is 5.91 Å². The predicted octanol–water partition coefficient (Wildman–Crippen LogP) is 6.18. The Hall–Kier alpha value is -2.49. The third kappa shape index (κ3) is 4.69. The average Bonchev–Trinajstić information content (AvgIpc) is 3.33. The summed E-state index contributed by atoms with van der Waals surface area (Å²) in [6.07, 6.45) is 2.38. The van der Waals surface area contributed by atoms with E-state index in [2.05, 4.69) is 82.6 Å². The van der Waals surface area contributed by atoms with Crippen LogP contribution in [-0.4, -0.2) is 43.4 Å². The molecule has 35 heavy (non-hydrogen) atoms. The zero-order chi connectivity index (χ0) is 23.7. The van der Waals surface area contributed by atoms with Crippen molar-refractivity contribution in [2.45, 2.75) is 30.1 Å². The third-order valence-corrected chi connectivity index (χ3v) is 8.56. The van der Waals surface area contributed by atoms with Crippen LogP contribution in [0, 0.1) is 11.8 Å². The highest BCUT2D eigenvalue weighted by Gasteiger charge is 2.54. The monoisotopic (exact) mass is 508 g/mol. The molecule has 0 N–H and O–H groups in total. The molecule has 1 aliphatic heterocycles. The number of rotatable bonds is 5. The molecule has 1 saturated heterocycles. The summed E-state index contributed by atoms with van der Waals surface area (Å²) in [4.78, 5) is 17.8. The van der Waals surface area contributed by atoms with Gasteiger partial charge in [-0.3, -0.25) is 4.79 Å². The minimum Gasteiger partial charge on any atom is -0.377 e. The first-order chi connectivity index (χ1) is 16.5. The maximum Gasteiger partial charge on any atom is 0.227 e. The molecule has 0 unspecified atom stereocenters. The summed E-state index contributed by atoms with van der Waals surface area (Å²) in [6, 6.07) is 29.9. The SMILES string of the molecule is CN(C)c1ccccc1CC(=O)N1C[C@@H]2[C@H](Cl)CCC(c3ccccc3)(c3ccccc3)[C@@H]2C1.Cl. The van der Waals surface area contributed by atoms with Crippen molar-refractivity contribution in [3.63, 3.8) is 0 Å². The van der Waals surface area contributed by atoms with Crippen LogP contribution in [0.4, 0.5) is 5.69 Å². The summed E-state index contributed by atoms with van der Waals surface area (Å²) in [5.74, 6) is 0.771. The highest BCUT2D eigenvalue weighted by Crippen LogP contribution is 2.54. The van der Waals surface area contributed by atoms with Gasteiger partial charge in [0.25, 0.3) is 0 Å². The van der Waals surface area contributed by atoms with Crippen molar-refractivity contribution in [1.29, 1.82) is 0 Å². The molecule has 5 heteroatoms. The van der Waals surface area contributed by atoms with Gasteiger partial charge < -0.3 is 9.80 Å². The molecule has 1 aliphatic carbocycles. The van der Waals surface area contributed by atoms with Gasteiger partial charge in [-0.25, -0.2) is 0 Å². The number of amides is 1. The number of carbonyl (C=O) groups excluding carboxylic acids is 1. The Morgan fingerprint density at radius 3 is 2.09 bits per heavy atom. The highest BCUT2D eigenvalue weighted by atomic mass is 35.5. The van der Waals surface area contributed by atoms with Crippen molar-refractivity contribution >= 4 is 35.6 Å². The van der Waals surface area contributed by atoms with E-state index in [4.69, 9.17) is 11.6 Å². The Morgan fingerprint density at radius 2 is 1.49 bits per heavy atom. The van der Waals surface area contributed by atoms with Crippen molar-refractivity contribution in [3.05, 3.63) is 102 Å². The van der Waals surface area contributed by atoms with E-state index in [1.54, 1.807) is 0 Å². The van der Waals surface area contributed by atoms with E-state index in [9.17, 15) is 4.79 Å². The number of carbonyl (C=O) groups is 1. The fourth-order valence-electron chi connectivity index (χ4n) is 6.41. The molecular weight excluding hydrogens is 475 g/mol. The predicted molar refractivity (Wildman–Crippen MR) is 148 cm³/mol. The maximum absolute atomic E-state index is 13.6. The van der Waals surface area contributed by atoms with Crippen molar-refractivity contribution in [2.75, 3.05) is 32.1 Å². The Balaban J connectivity index is 0.00000289. The van der Waals surface area contributed by atoms with Crippen molar-refractivity contribution in [3.8, 4) is 0 Å². The van der Waals surface area contributed by atoms with Crippen LogP contribution >= 0.6 is 24.0 Å². The number of nitrogens with zero attached hydrogens (tertiary/aromatic N) is 2. The molecule has 3 nitrogen and oxygen atoms in total. The molecule has 0 spiro atoms. The van der Waals surface area contributed by atoms with Gasteiger partial charge in [-0.05, 0) is 47.4 Å². The normalized spacial score (nSPS) is 22.7. The summed E-state index contributed by atoms with van der Waals surface area (Å²) in [6.45, 7) is 1.49. The Bertz CT molecular complexity index is 1100. The fourth-order valence-corrected chi connectivity index (χ4v) is 6.78. The highest BCUT2D eigenvalue weighted by molar-refractivity contribution is 6.21. The molecule has 0 radical (unpaired) electrons. The standard InChI is InChI=1S/C30H33ClN2O.ClH/c1-32(2)28-16-10-9-11-22(28)19-29(34)33-20-25-26(21-33)30(18-17-27(25)31,23-12-5-3-6-13-23)24-14-7-4-8-15-24;/h3-16,25-27H,17-21H2,1-2H3;1H/t25-,26+,27+;/m0./s1.